The molecule has 0 bridgehead atoms. The summed E-state index contributed by atoms with van der Waals surface area (Å²) in [6.07, 6.45) is 2.36. The van der Waals surface area contributed by atoms with Gasteiger partial charge in [-0.1, -0.05) is 29.3 Å². The second-order valence-corrected chi connectivity index (χ2v) is 9.48. The molecule has 150 valence electrons. The highest BCUT2D eigenvalue weighted by molar-refractivity contribution is 7.89. The quantitative estimate of drug-likeness (QED) is 0.677. The van der Waals surface area contributed by atoms with Gasteiger partial charge in [0.25, 0.3) is 0 Å². The average molecular weight is 442 g/mol. The Kier molecular flexibility index (Phi) is 6.50. The molecular formula is C19H21Cl2N3O3S. The fourth-order valence-electron chi connectivity index (χ4n) is 2.72. The van der Waals surface area contributed by atoms with E-state index in [1.54, 1.807) is 31.3 Å². The fourth-order valence-corrected chi connectivity index (χ4v) is 4.64. The van der Waals surface area contributed by atoms with Crippen LogP contribution in [0.1, 0.15) is 18.4 Å². The minimum Gasteiger partial charge on any atom is -0.338 e. The molecule has 0 saturated heterocycles. The van der Waals surface area contributed by atoms with Crippen molar-refractivity contribution in [2.75, 3.05) is 18.9 Å². The van der Waals surface area contributed by atoms with Gasteiger partial charge in [0, 0.05) is 35.4 Å². The lowest BCUT2D eigenvalue weighted by Crippen LogP contribution is -2.30. The molecule has 1 aliphatic carbocycles. The summed E-state index contributed by atoms with van der Waals surface area (Å²) in [7, 11) is -1.89. The zero-order valence-corrected chi connectivity index (χ0v) is 17.6. The van der Waals surface area contributed by atoms with Crippen LogP contribution in [0.5, 0.6) is 0 Å². The van der Waals surface area contributed by atoms with Crippen LogP contribution in [-0.2, 0) is 16.4 Å². The van der Waals surface area contributed by atoms with Crippen LogP contribution in [0.3, 0.4) is 0 Å². The Labute approximate surface area is 174 Å². The van der Waals surface area contributed by atoms with Gasteiger partial charge in [0.05, 0.1) is 4.90 Å². The van der Waals surface area contributed by atoms with E-state index in [0.717, 1.165) is 18.4 Å². The number of urea groups is 1. The number of carbonyl (C=O) groups is 1. The summed E-state index contributed by atoms with van der Waals surface area (Å²) in [5.74, 6) is 0. The second-order valence-electron chi connectivity index (χ2n) is 6.64. The summed E-state index contributed by atoms with van der Waals surface area (Å²) >= 11 is 12.0. The third kappa shape index (κ3) is 5.17. The van der Waals surface area contributed by atoms with E-state index < -0.39 is 10.0 Å². The van der Waals surface area contributed by atoms with Crippen molar-refractivity contribution >= 4 is 44.9 Å². The number of halogens is 2. The van der Waals surface area contributed by atoms with Crippen molar-refractivity contribution in [2.45, 2.75) is 30.2 Å². The van der Waals surface area contributed by atoms with Crippen LogP contribution in [0.4, 0.5) is 10.5 Å². The highest BCUT2D eigenvalue weighted by Crippen LogP contribution is 2.30. The molecular weight excluding hydrogens is 421 g/mol. The van der Waals surface area contributed by atoms with Crippen molar-refractivity contribution in [1.29, 1.82) is 0 Å². The number of amides is 2. The third-order valence-electron chi connectivity index (χ3n) is 4.55. The predicted octanol–water partition coefficient (Wildman–Crippen LogP) is 4.14. The van der Waals surface area contributed by atoms with Gasteiger partial charge in [0.2, 0.25) is 10.0 Å². The van der Waals surface area contributed by atoms with Gasteiger partial charge in [-0.2, -0.15) is 4.31 Å². The molecule has 0 spiro atoms. The first-order valence-corrected chi connectivity index (χ1v) is 11.0. The Hall–Kier alpha value is -1.80. The van der Waals surface area contributed by atoms with Crippen LogP contribution in [0.2, 0.25) is 10.0 Å². The molecule has 28 heavy (non-hydrogen) atoms. The Morgan fingerprint density at radius 3 is 2.43 bits per heavy atom. The van der Waals surface area contributed by atoms with Crippen molar-refractivity contribution in [1.82, 2.24) is 9.62 Å². The van der Waals surface area contributed by atoms with Crippen LogP contribution in [-0.4, -0.2) is 38.4 Å². The summed E-state index contributed by atoms with van der Waals surface area (Å²) in [5.41, 5.74) is 1.40. The van der Waals surface area contributed by atoms with Gasteiger partial charge in [0.15, 0.2) is 0 Å². The third-order valence-corrected chi connectivity index (χ3v) is 7.06. The molecule has 1 fully saturated rings. The summed E-state index contributed by atoms with van der Waals surface area (Å²) in [4.78, 5) is 12.2. The topological polar surface area (TPSA) is 78.5 Å². The maximum atomic E-state index is 12.5. The standard InChI is InChI=1S/C19H21Cl2N3O3S/c1-24(16-6-7-16)28(26,27)17-8-4-15(5-9-17)23-19(25)22-11-10-13-2-3-14(20)12-18(13)21/h2-5,8-9,12,16H,6-7,10-11H2,1H3,(H2,22,23,25). The smallest absolute Gasteiger partial charge is 0.319 e. The van der Waals surface area contributed by atoms with Crippen molar-refractivity contribution < 1.29 is 13.2 Å². The zero-order valence-electron chi connectivity index (χ0n) is 15.3. The van der Waals surface area contributed by atoms with E-state index in [-0.39, 0.29) is 17.0 Å². The van der Waals surface area contributed by atoms with Crippen molar-refractivity contribution in [2.24, 2.45) is 0 Å². The number of nitrogens with zero attached hydrogens (tertiary/aromatic N) is 1. The Morgan fingerprint density at radius 1 is 1.14 bits per heavy atom. The minimum atomic E-state index is -3.49. The molecule has 2 N–H and O–H groups in total. The number of carbonyl (C=O) groups excluding carboxylic acids is 1. The number of nitrogens with one attached hydrogen (secondary N) is 2. The lowest BCUT2D eigenvalue weighted by molar-refractivity contribution is 0.252. The lowest BCUT2D eigenvalue weighted by Gasteiger charge is -2.16. The molecule has 2 aromatic rings. The summed E-state index contributed by atoms with van der Waals surface area (Å²) in [5, 5.41) is 6.54. The first-order valence-electron chi connectivity index (χ1n) is 8.84. The van der Waals surface area contributed by atoms with E-state index >= 15 is 0 Å². The predicted molar refractivity (Wildman–Crippen MR) is 112 cm³/mol. The average Bonchev–Trinajstić information content (AvgIpc) is 3.48. The lowest BCUT2D eigenvalue weighted by atomic mass is 10.1. The van der Waals surface area contributed by atoms with E-state index in [1.165, 1.54) is 16.4 Å². The number of anilines is 1. The van der Waals surface area contributed by atoms with Gasteiger partial charge in [-0.25, -0.2) is 13.2 Å². The maximum Gasteiger partial charge on any atom is 0.319 e. The molecule has 0 unspecified atom stereocenters. The normalized spacial score (nSPS) is 14.1. The van der Waals surface area contributed by atoms with Gasteiger partial charge in [-0.3, -0.25) is 0 Å². The van der Waals surface area contributed by atoms with E-state index in [0.29, 0.717) is 28.7 Å². The highest BCUT2D eigenvalue weighted by Gasteiger charge is 2.34. The van der Waals surface area contributed by atoms with Crippen molar-refractivity contribution in [3.05, 3.63) is 58.1 Å². The molecule has 3 rings (SSSR count). The molecule has 1 saturated carbocycles. The summed E-state index contributed by atoms with van der Waals surface area (Å²) in [6, 6.07) is 11.1. The molecule has 2 amide bonds. The van der Waals surface area contributed by atoms with Crippen LogP contribution < -0.4 is 10.6 Å². The summed E-state index contributed by atoms with van der Waals surface area (Å²) < 4.78 is 26.4. The molecule has 0 heterocycles. The molecule has 9 heteroatoms. The first-order chi connectivity index (χ1) is 13.3. The van der Waals surface area contributed by atoms with Crippen molar-refractivity contribution in [3.8, 4) is 0 Å². The Bertz CT molecular complexity index is 961. The highest BCUT2D eigenvalue weighted by atomic mass is 35.5. The number of hydrogen-bond donors (Lipinski definition) is 2. The van der Waals surface area contributed by atoms with E-state index in [2.05, 4.69) is 10.6 Å². The zero-order chi connectivity index (χ0) is 20.3. The fraction of sp³-hybridized carbons (Fsp3) is 0.316. The molecule has 6 nitrogen and oxygen atoms in total. The minimum absolute atomic E-state index is 0.0997. The van der Waals surface area contributed by atoms with Gasteiger partial charge in [-0.15, -0.1) is 0 Å². The van der Waals surface area contributed by atoms with Crippen LogP contribution in [0, 0.1) is 0 Å². The first kappa shape index (κ1) is 20.9. The van der Waals surface area contributed by atoms with Gasteiger partial charge >= 0.3 is 6.03 Å². The van der Waals surface area contributed by atoms with Crippen LogP contribution in [0.25, 0.3) is 0 Å². The number of benzene rings is 2. The maximum absolute atomic E-state index is 12.5. The molecule has 2 aromatic carbocycles. The Balaban J connectivity index is 1.51. The van der Waals surface area contributed by atoms with Crippen molar-refractivity contribution in [3.63, 3.8) is 0 Å². The van der Waals surface area contributed by atoms with Crippen LogP contribution in [0.15, 0.2) is 47.4 Å². The SMILES string of the molecule is CN(C1CC1)S(=O)(=O)c1ccc(NC(=O)NCCc2ccc(Cl)cc2Cl)cc1. The van der Waals surface area contributed by atoms with Gasteiger partial charge in [0.1, 0.15) is 0 Å². The number of sulfonamides is 1. The monoisotopic (exact) mass is 441 g/mol. The Morgan fingerprint density at radius 2 is 1.82 bits per heavy atom. The number of hydrogen-bond acceptors (Lipinski definition) is 3. The molecule has 0 atom stereocenters. The van der Waals surface area contributed by atoms with Crippen LogP contribution >= 0.6 is 23.2 Å². The van der Waals surface area contributed by atoms with E-state index in [4.69, 9.17) is 23.2 Å². The van der Waals surface area contributed by atoms with Gasteiger partial charge < -0.3 is 10.6 Å². The van der Waals surface area contributed by atoms with E-state index in [9.17, 15) is 13.2 Å². The van der Waals surface area contributed by atoms with E-state index in [1.807, 2.05) is 6.07 Å². The molecule has 0 radical (unpaired) electrons. The number of rotatable bonds is 7. The molecule has 0 aliphatic heterocycles. The largest absolute Gasteiger partial charge is 0.338 e. The van der Waals surface area contributed by atoms with Gasteiger partial charge in [-0.05, 0) is 61.2 Å². The second kappa shape index (κ2) is 8.69. The summed E-state index contributed by atoms with van der Waals surface area (Å²) in [6.45, 7) is 0.395. The molecule has 0 aromatic heterocycles. The molecule has 1 aliphatic rings.